The fraction of sp³-hybridized carbons (Fsp3) is 1.00. The zero-order valence-electron chi connectivity index (χ0n) is 11.6. The van der Waals surface area contributed by atoms with Crippen LogP contribution in [0.25, 0.3) is 0 Å². The Hall–Kier alpha value is -0.170. The van der Waals surface area contributed by atoms with E-state index >= 15 is 0 Å². The Morgan fingerprint density at radius 2 is 2.00 bits per heavy atom. The minimum Gasteiger partial charge on any atom is -0.390 e. The van der Waals surface area contributed by atoms with Crippen LogP contribution < -0.4 is 0 Å². The van der Waals surface area contributed by atoms with Crippen molar-refractivity contribution in [1.29, 1.82) is 0 Å². The van der Waals surface area contributed by atoms with Gasteiger partial charge < -0.3 is 9.84 Å². The van der Waals surface area contributed by atoms with Crippen molar-refractivity contribution >= 4 is 10.0 Å². The maximum atomic E-state index is 12.1. The predicted molar refractivity (Wildman–Crippen MR) is 70.9 cm³/mol. The second kappa shape index (κ2) is 6.32. The van der Waals surface area contributed by atoms with Gasteiger partial charge in [0, 0.05) is 13.1 Å². The van der Waals surface area contributed by atoms with E-state index in [0.717, 1.165) is 0 Å². The molecule has 0 saturated carbocycles. The minimum atomic E-state index is -3.26. The normalized spacial score (nSPS) is 27.4. The fourth-order valence-corrected chi connectivity index (χ4v) is 3.38. The summed E-state index contributed by atoms with van der Waals surface area (Å²) in [4.78, 5) is 0. The zero-order chi connectivity index (χ0) is 13.8. The summed E-state index contributed by atoms with van der Waals surface area (Å²) in [5.41, 5.74) is -0.737. The van der Waals surface area contributed by atoms with Crippen molar-refractivity contribution < 1.29 is 18.3 Å². The minimum absolute atomic E-state index is 0.0212. The summed E-state index contributed by atoms with van der Waals surface area (Å²) in [5, 5.41) is 9.94. The van der Waals surface area contributed by atoms with E-state index in [4.69, 9.17) is 4.74 Å². The van der Waals surface area contributed by atoms with Gasteiger partial charge in [-0.25, -0.2) is 12.7 Å². The van der Waals surface area contributed by atoms with Gasteiger partial charge in [0.15, 0.2) is 0 Å². The average Bonchev–Trinajstić information content (AvgIpc) is 2.38. The van der Waals surface area contributed by atoms with Crippen molar-refractivity contribution in [2.24, 2.45) is 0 Å². The van der Waals surface area contributed by atoms with Crippen molar-refractivity contribution in [2.45, 2.75) is 51.7 Å². The Morgan fingerprint density at radius 1 is 1.33 bits per heavy atom. The summed E-state index contributed by atoms with van der Waals surface area (Å²) >= 11 is 0. The van der Waals surface area contributed by atoms with Crippen molar-refractivity contribution in [2.75, 3.05) is 25.4 Å². The summed E-state index contributed by atoms with van der Waals surface area (Å²) < 4.78 is 31.0. The molecule has 1 saturated heterocycles. The summed E-state index contributed by atoms with van der Waals surface area (Å²) in [7, 11) is -3.26. The third kappa shape index (κ3) is 5.22. The summed E-state index contributed by atoms with van der Waals surface area (Å²) in [6, 6.07) is 0. The van der Waals surface area contributed by atoms with Gasteiger partial charge in [0.05, 0.1) is 24.1 Å². The molecular formula is C12H25NO4S. The molecule has 1 fully saturated rings. The number of rotatable bonds is 5. The number of aliphatic hydroxyl groups is 1. The van der Waals surface area contributed by atoms with E-state index in [0.29, 0.717) is 32.4 Å². The Labute approximate surface area is 110 Å². The first-order valence-electron chi connectivity index (χ1n) is 6.55. The summed E-state index contributed by atoms with van der Waals surface area (Å²) in [6.45, 7) is 6.67. The lowest BCUT2D eigenvalue weighted by molar-refractivity contribution is 0.0465. The summed E-state index contributed by atoms with van der Waals surface area (Å²) in [5.74, 6) is 0.0212. The van der Waals surface area contributed by atoms with E-state index < -0.39 is 15.6 Å². The molecule has 0 spiro atoms. The van der Waals surface area contributed by atoms with Crippen molar-refractivity contribution in [3.05, 3.63) is 0 Å². The van der Waals surface area contributed by atoms with E-state index in [1.165, 1.54) is 4.31 Å². The number of ether oxygens (including phenoxy) is 1. The molecule has 108 valence electrons. The lowest BCUT2D eigenvalue weighted by atomic mass is 9.98. The van der Waals surface area contributed by atoms with Gasteiger partial charge in [-0.1, -0.05) is 0 Å². The molecule has 0 aromatic rings. The first kappa shape index (κ1) is 15.9. The Bertz CT molecular complexity index is 351. The fourth-order valence-electron chi connectivity index (χ4n) is 2.04. The van der Waals surface area contributed by atoms with Crippen LogP contribution in [0.15, 0.2) is 0 Å². The van der Waals surface area contributed by atoms with Crippen molar-refractivity contribution in [3.63, 3.8) is 0 Å². The van der Waals surface area contributed by atoms with Gasteiger partial charge in [-0.15, -0.1) is 0 Å². The molecule has 6 heteroatoms. The zero-order valence-corrected chi connectivity index (χ0v) is 12.4. The van der Waals surface area contributed by atoms with Gasteiger partial charge >= 0.3 is 0 Å². The lowest BCUT2D eigenvalue weighted by Gasteiger charge is -2.22. The SMILES string of the molecule is CC(C)OCCS(=O)(=O)N1CCCC(C)(O)CC1. The van der Waals surface area contributed by atoms with Crippen LogP contribution in [0.4, 0.5) is 0 Å². The quantitative estimate of drug-likeness (QED) is 0.814. The molecular weight excluding hydrogens is 254 g/mol. The first-order chi connectivity index (χ1) is 8.23. The Balaban J connectivity index is 2.52. The molecule has 0 amide bonds. The molecule has 0 aromatic carbocycles. The van der Waals surface area contributed by atoms with Crippen LogP contribution in [0.2, 0.25) is 0 Å². The molecule has 0 aliphatic carbocycles. The maximum Gasteiger partial charge on any atom is 0.216 e. The average molecular weight is 279 g/mol. The second-order valence-corrected chi connectivity index (χ2v) is 7.57. The number of hydrogen-bond acceptors (Lipinski definition) is 4. The molecule has 0 aromatic heterocycles. The van der Waals surface area contributed by atoms with Crippen molar-refractivity contribution in [3.8, 4) is 0 Å². The number of hydrogen-bond donors (Lipinski definition) is 1. The molecule has 18 heavy (non-hydrogen) atoms. The third-order valence-corrected chi connectivity index (χ3v) is 5.04. The Kier molecular flexibility index (Phi) is 5.58. The standard InChI is InChI=1S/C12H25NO4S/c1-11(2)17-9-10-18(15,16)13-7-4-5-12(3,14)6-8-13/h11,14H,4-10H2,1-3H3. The highest BCUT2D eigenvalue weighted by molar-refractivity contribution is 7.89. The molecule has 0 bridgehead atoms. The first-order valence-corrected chi connectivity index (χ1v) is 8.16. The molecule has 1 N–H and O–H groups in total. The van der Waals surface area contributed by atoms with Gasteiger partial charge in [-0.3, -0.25) is 0 Å². The highest BCUT2D eigenvalue weighted by atomic mass is 32.2. The predicted octanol–water partition coefficient (Wildman–Crippen LogP) is 0.978. The highest BCUT2D eigenvalue weighted by Crippen LogP contribution is 2.22. The summed E-state index contributed by atoms with van der Waals surface area (Å²) in [6.07, 6.45) is 1.90. The largest absolute Gasteiger partial charge is 0.390 e. The van der Waals surface area contributed by atoms with E-state index in [1.54, 1.807) is 6.92 Å². The number of nitrogens with zero attached hydrogens (tertiary/aromatic N) is 1. The Morgan fingerprint density at radius 3 is 2.61 bits per heavy atom. The molecule has 0 radical (unpaired) electrons. The topological polar surface area (TPSA) is 66.8 Å². The van der Waals surface area contributed by atoms with E-state index in [2.05, 4.69) is 0 Å². The van der Waals surface area contributed by atoms with Crippen LogP contribution in [0.1, 0.15) is 40.0 Å². The highest BCUT2D eigenvalue weighted by Gasteiger charge is 2.30. The second-order valence-electron chi connectivity index (χ2n) is 5.49. The van der Waals surface area contributed by atoms with Crippen LogP contribution in [0.5, 0.6) is 0 Å². The smallest absolute Gasteiger partial charge is 0.216 e. The van der Waals surface area contributed by atoms with Crippen LogP contribution in [-0.4, -0.2) is 55.0 Å². The van der Waals surface area contributed by atoms with Gasteiger partial charge in [0.2, 0.25) is 10.0 Å². The molecule has 1 aliphatic rings. The third-order valence-electron chi connectivity index (χ3n) is 3.21. The van der Waals surface area contributed by atoms with Crippen molar-refractivity contribution in [1.82, 2.24) is 4.31 Å². The van der Waals surface area contributed by atoms with Gasteiger partial charge in [0.1, 0.15) is 0 Å². The van der Waals surface area contributed by atoms with E-state index in [-0.39, 0.29) is 18.5 Å². The van der Waals surface area contributed by atoms with Gasteiger partial charge in [-0.2, -0.15) is 0 Å². The molecule has 1 atom stereocenters. The maximum absolute atomic E-state index is 12.1. The van der Waals surface area contributed by atoms with Crippen LogP contribution in [0.3, 0.4) is 0 Å². The van der Waals surface area contributed by atoms with E-state index in [9.17, 15) is 13.5 Å². The molecule has 1 aliphatic heterocycles. The molecule has 5 nitrogen and oxygen atoms in total. The lowest BCUT2D eigenvalue weighted by Crippen LogP contribution is -2.36. The molecule has 1 unspecified atom stereocenters. The van der Waals surface area contributed by atoms with Crippen LogP contribution in [-0.2, 0) is 14.8 Å². The van der Waals surface area contributed by atoms with Crippen LogP contribution in [0, 0.1) is 0 Å². The molecule has 1 heterocycles. The van der Waals surface area contributed by atoms with E-state index in [1.807, 2.05) is 13.8 Å². The van der Waals surface area contributed by atoms with Gasteiger partial charge in [-0.05, 0) is 40.0 Å². The monoisotopic (exact) mass is 279 g/mol. The molecule has 1 rings (SSSR count). The van der Waals surface area contributed by atoms with Gasteiger partial charge in [0.25, 0.3) is 0 Å². The number of sulfonamides is 1. The van der Waals surface area contributed by atoms with Crippen LogP contribution >= 0.6 is 0 Å².